The number of piperidine rings is 1. The van der Waals surface area contributed by atoms with Crippen molar-refractivity contribution in [1.29, 1.82) is 0 Å². The maximum absolute atomic E-state index is 12.9. The molecule has 2 atom stereocenters. The maximum atomic E-state index is 12.9. The highest BCUT2D eigenvalue weighted by atomic mass is 32.2. The molecule has 1 fully saturated rings. The molecule has 1 amide bonds. The minimum Gasteiger partial charge on any atom is -0.349 e. The van der Waals surface area contributed by atoms with Gasteiger partial charge in [-0.25, -0.2) is 8.42 Å². The van der Waals surface area contributed by atoms with Gasteiger partial charge in [-0.3, -0.25) is 4.79 Å². The van der Waals surface area contributed by atoms with Crippen LogP contribution in [0.1, 0.15) is 57.3 Å². The Morgan fingerprint density at radius 1 is 1.12 bits per heavy atom. The third kappa shape index (κ3) is 4.82. The molecule has 0 aliphatic carbocycles. The molecule has 0 radical (unpaired) electrons. The molecule has 1 aliphatic heterocycles. The first-order valence-corrected chi connectivity index (χ1v) is 10.6. The SMILES string of the molecule is CCC(CC)NC(=O)c1ccc(S(=O)(=O)N2C[C@H](C)C[C@@H](C)C2)cc1. The van der Waals surface area contributed by atoms with Crippen molar-refractivity contribution in [3.05, 3.63) is 29.8 Å². The lowest BCUT2D eigenvalue weighted by Gasteiger charge is -2.34. The predicted octanol–water partition coefficient (Wildman–Crippen LogP) is 3.27. The molecule has 1 saturated heterocycles. The predicted molar refractivity (Wildman–Crippen MR) is 100.0 cm³/mol. The van der Waals surface area contributed by atoms with Crippen LogP contribution >= 0.6 is 0 Å². The maximum Gasteiger partial charge on any atom is 0.251 e. The summed E-state index contributed by atoms with van der Waals surface area (Å²) in [4.78, 5) is 12.5. The first-order chi connectivity index (χ1) is 11.8. The largest absolute Gasteiger partial charge is 0.349 e. The molecule has 1 N–H and O–H groups in total. The fourth-order valence-electron chi connectivity index (χ4n) is 3.49. The summed E-state index contributed by atoms with van der Waals surface area (Å²) in [7, 11) is -3.50. The van der Waals surface area contributed by atoms with Crippen LogP contribution in [0.25, 0.3) is 0 Å². The minimum absolute atomic E-state index is 0.146. The molecule has 5 nitrogen and oxygen atoms in total. The van der Waals surface area contributed by atoms with Crippen molar-refractivity contribution in [1.82, 2.24) is 9.62 Å². The topological polar surface area (TPSA) is 66.5 Å². The highest BCUT2D eigenvalue weighted by Crippen LogP contribution is 2.26. The first kappa shape index (κ1) is 19.9. The van der Waals surface area contributed by atoms with E-state index in [9.17, 15) is 13.2 Å². The van der Waals surface area contributed by atoms with Crippen LogP contribution in [0.4, 0.5) is 0 Å². The Morgan fingerprint density at radius 3 is 2.12 bits per heavy atom. The van der Waals surface area contributed by atoms with Crippen molar-refractivity contribution in [2.24, 2.45) is 11.8 Å². The van der Waals surface area contributed by atoms with Crippen molar-refractivity contribution >= 4 is 15.9 Å². The van der Waals surface area contributed by atoms with Crippen LogP contribution in [0, 0.1) is 11.8 Å². The summed E-state index contributed by atoms with van der Waals surface area (Å²) in [5.41, 5.74) is 0.492. The molecule has 1 aliphatic rings. The molecule has 1 aromatic carbocycles. The van der Waals surface area contributed by atoms with Crippen LogP contribution in [0.15, 0.2) is 29.2 Å². The van der Waals surface area contributed by atoms with Crippen LogP contribution < -0.4 is 5.32 Å². The van der Waals surface area contributed by atoms with E-state index in [4.69, 9.17) is 0 Å². The minimum atomic E-state index is -3.50. The van der Waals surface area contributed by atoms with Crippen LogP contribution in [0.5, 0.6) is 0 Å². The highest BCUT2D eigenvalue weighted by Gasteiger charge is 2.31. The van der Waals surface area contributed by atoms with E-state index in [-0.39, 0.29) is 16.8 Å². The second-order valence-corrected chi connectivity index (χ2v) is 9.22. The zero-order valence-electron chi connectivity index (χ0n) is 15.7. The normalized spacial score (nSPS) is 22.1. The molecule has 1 aromatic rings. The number of hydrogen-bond donors (Lipinski definition) is 1. The molecule has 0 aromatic heterocycles. The molecule has 0 saturated carbocycles. The molecule has 1 heterocycles. The number of rotatable bonds is 6. The quantitative estimate of drug-likeness (QED) is 0.840. The van der Waals surface area contributed by atoms with E-state index < -0.39 is 10.0 Å². The van der Waals surface area contributed by atoms with E-state index in [1.165, 1.54) is 0 Å². The van der Waals surface area contributed by atoms with Gasteiger partial charge in [0, 0.05) is 24.7 Å². The van der Waals surface area contributed by atoms with Crippen LogP contribution in [-0.4, -0.2) is 37.8 Å². The van der Waals surface area contributed by atoms with Crippen molar-refractivity contribution in [3.63, 3.8) is 0 Å². The smallest absolute Gasteiger partial charge is 0.251 e. The van der Waals surface area contributed by atoms with Gasteiger partial charge in [0.2, 0.25) is 10.0 Å². The molecular formula is C19H30N2O3S. The van der Waals surface area contributed by atoms with E-state index in [0.29, 0.717) is 30.5 Å². The monoisotopic (exact) mass is 366 g/mol. The van der Waals surface area contributed by atoms with Crippen LogP contribution in [-0.2, 0) is 10.0 Å². The van der Waals surface area contributed by atoms with Gasteiger partial charge in [0.1, 0.15) is 0 Å². The molecule has 6 heteroatoms. The van der Waals surface area contributed by atoms with Crippen molar-refractivity contribution < 1.29 is 13.2 Å². The van der Waals surface area contributed by atoms with Gasteiger partial charge >= 0.3 is 0 Å². The third-order valence-electron chi connectivity index (χ3n) is 4.91. The van der Waals surface area contributed by atoms with Crippen LogP contribution in [0.2, 0.25) is 0 Å². The second kappa shape index (κ2) is 8.32. The lowest BCUT2D eigenvalue weighted by atomic mass is 9.94. The summed E-state index contributed by atoms with van der Waals surface area (Å²) in [6, 6.07) is 6.43. The fraction of sp³-hybridized carbons (Fsp3) is 0.632. The zero-order valence-corrected chi connectivity index (χ0v) is 16.5. The summed E-state index contributed by atoms with van der Waals surface area (Å²) in [5.74, 6) is 0.574. The summed E-state index contributed by atoms with van der Waals surface area (Å²) in [5, 5.41) is 2.97. The van der Waals surface area contributed by atoms with Gasteiger partial charge in [0.25, 0.3) is 5.91 Å². The first-order valence-electron chi connectivity index (χ1n) is 9.19. The Balaban J connectivity index is 2.14. The number of carbonyl (C=O) groups is 1. The second-order valence-electron chi connectivity index (χ2n) is 7.28. The summed E-state index contributed by atoms with van der Waals surface area (Å²) >= 11 is 0. The van der Waals surface area contributed by atoms with Crippen molar-refractivity contribution in [2.45, 2.75) is 57.9 Å². The molecule has 0 bridgehead atoms. The molecule has 0 spiro atoms. The van der Waals surface area contributed by atoms with E-state index in [1.807, 2.05) is 13.8 Å². The summed E-state index contributed by atoms with van der Waals surface area (Å²) < 4.78 is 27.3. The molecular weight excluding hydrogens is 336 g/mol. The highest BCUT2D eigenvalue weighted by molar-refractivity contribution is 7.89. The molecule has 2 rings (SSSR count). The third-order valence-corrected chi connectivity index (χ3v) is 6.76. The Morgan fingerprint density at radius 2 is 1.64 bits per heavy atom. The van der Waals surface area contributed by atoms with Crippen molar-refractivity contribution in [3.8, 4) is 0 Å². The Labute approximate surface area is 151 Å². The van der Waals surface area contributed by atoms with E-state index in [1.54, 1.807) is 28.6 Å². The van der Waals surface area contributed by atoms with Gasteiger partial charge in [0.05, 0.1) is 4.90 Å². The number of nitrogens with zero attached hydrogens (tertiary/aromatic N) is 1. The average molecular weight is 367 g/mol. The standard InChI is InChI=1S/C19H30N2O3S/c1-5-17(6-2)20-19(22)16-7-9-18(10-8-16)25(23,24)21-12-14(3)11-15(4)13-21/h7-10,14-15,17H,5-6,11-13H2,1-4H3,(H,20,22)/t14-,15-/m1/s1. The number of carbonyl (C=O) groups excluding carboxylic acids is 1. The lowest BCUT2D eigenvalue weighted by Crippen LogP contribution is -2.42. The van der Waals surface area contributed by atoms with E-state index in [2.05, 4.69) is 19.2 Å². The number of sulfonamides is 1. The van der Waals surface area contributed by atoms with Crippen molar-refractivity contribution in [2.75, 3.05) is 13.1 Å². The van der Waals surface area contributed by atoms with E-state index >= 15 is 0 Å². The van der Waals surface area contributed by atoms with Gasteiger partial charge in [-0.2, -0.15) is 4.31 Å². The molecule has 25 heavy (non-hydrogen) atoms. The lowest BCUT2D eigenvalue weighted by molar-refractivity contribution is 0.0934. The Bertz CT molecular complexity index is 671. The number of amides is 1. The van der Waals surface area contributed by atoms with Crippen LogP contribution in [0.3, 0.4) is 0 Å². The van der Waals surface area contributed by atoms with Gasteiger partial charge < -0.3 is 5.32 Å². The Kier molecular flexibility index (Phi) is 6.63. The van der Waals surface area contributed by atoms with Gasteiger partial charge in [0.15, 0.2) is 0 Å². The number of nitrogens with one attached hydrogen (secondary N) is 1. The van der Waals surface area contributed by atoms with Gasteiger partial charge in [-0.05, 0) is 55.4 Å². The Hall–Kier alpha value is -1.40. The average Bonchev–Trinajstić information content (AvgIpc) is 2.58. The summed E-state index contributed by atoms with van der Waals surface area (Å²) in [6.07, 6.45) is 2.81. The number of hydrogen-bond acceptors (Lipinski definition) is 3. The molecule has 0 unspecified atom stereocenters. The van der Waals surface area contributed by atoms with Gasteiger partial charge in [-0.15, -0.1) is 0 Å². The van der Waals surface area contributed by atoms with E-state index in [0.717, 1.165) is 19.3 Å². The van der Waals surface area contributed by atoms with Gasteiger partial charge in [-0.1, -0.05) is 27.7 Å². The number of benzene rings is 1. The zero-order chi connectivity index (χ0) is 18.6. The summed E-state index contributed by atoms with van der Waals surface area (Å²) in [6.45, 7) is 9.36. The molecule has 140 valence electrons. The fourth-order valence-corrected chi connectivity index (χ4v) is 5.17.